The van der Waals surface area contributed by atoms with E-state index in [1.165, 1.54) is 24.8 Å². The van der Waals surface area contributed by atoms with Crippen molar-refractivity contribution in [2.24, 2.45) is 4.99 Å². The first kappa shape index (κ1) is 25.9. The van der Waals surface area contributed by atoms with Crippen LogP contribution in [0.5, 0.6) is 5.75 Å². The largest absolute Gasteiger partial charge is 0.497 e. The molecule has 0 aliphatic carbocycles. The standard InChI is InChI=1S/C23H35N5OS.HI/c1-17(2)20-16-30-22(27-20)15-26-23(24-3)25-14-21(28-12-6-5-7-13-28)18-8-10-19(29-4)11-9-18;/h8-11,16-17,21H,5-7,12-15H2,1-4H3,(H2,24,25,26);1H. The van der Waals surface area contributed by atoms with E-state index in [0.717, 1.165) is 42.0 Å². The smallest absolute Gasteiger partial charge is 0.191 e. The number of nitrogens with one attached hydrogen (secondary N) is 2. The van der Waals surface area contributed by atoms with Crippen molar-refractivity contribution in [3.63, 3.8) is 0 Å². The van der Waals surface area contributed by atoms with E-state index in [1.54, 1.807) is 18.4 Å². The number of hydrogen-bond acceptors (Lipinski definition) is 5. The Hall–Kier alpha value is -1.39. The molecule has 31 heavy (non-hydrogen) atoms. The summed E-state index contributed by atoms with van der Waals surface area (Å²) in [6.45, 7) is 8.12. The summed E-state index contributed by atoms with van der Waals surface area (Å²) in [7, 11) is 3.53. The van der Waals surface area contributed by atoms with Crippen LogP contribution in [0.2, 0.25) is 0 Å². The van der Waals surface area contributed by atoms with Crippen molar-refractivity contribution in [1.29, 1.82) is 0 Å². The lowest BCUT2D eigenvalue weighted by atomic mass is 10.0. The highest BCUT2D eigenvalue weighted by Crippen LogP contribution is 2.26. The number of aromatic nitrogens is 1. The number of methoxy groups -OCH3 is 1. The van der Waals surface area contributed by atoms with Gasteiger partial charge < -0.3 is 15.4 Å². The van der Waals surface area contributed by atoms with Crippen LogP contribution in [-0.4, -0.2) is 49.6 Å². The monoisotopic (exact) mass is 557 g/mol. The van der Waals surface area contributed by atoms with Gasteiger partial charge in [0, 0.05) is 19.0 Å². The van der Waals surface area contributed by atoms with Crippen molar-refractivity contribution in [1.82, 2.24) is 20.5 Å². The Morgan fingerprint density at radius 1 is 1.16 bits per heavy atom. The number of halogens is 1. The summed E-state index contributed by atoms with van der Waals surface area (Å²) in [5.74, 6) is 2.17. The summed E-state index contributed by atoms with van der Waals surface area (Å²) in [5, 5.41) is 10.2. The lowest BCUT2D eigenvalue weighted by molar-refractivity contribution is 0.164. The van der Waals surface area contributed by atoms with Crippen molar-refractivity contribution >= 4 is 41.3 Å². The van der Waals surface area contributed by atoms with E-state index in [4.69, 9.17) is 9.72 Å². The lowest BCUT2D eigenvalue weighted by Gasteiger charge is -2.35. The van der Waals surface area contributed by atoms with Crippen molar-refractivity contribution in [2.45, 2.75) is 51.6 Å². The molecular weight excluding hydrogens is 521 g/mol. The molecule has 1 aromatic heterocycles. The minimum atomic E-state index is 0. The zero-order chi connectivity index (χ0) is 21.3. The fourth-order valence-electron chi connectivity index (χ4n) is 3.76. The number of ether oxygens (including phenoxy) is 1. The van der Waals surface area contributed by atoms with Gasteiger partial charge in [0.15, 0.2) is 5.96 Å². The minimum absolute atomic E-state index is 0. The average Bonchev–Trinajstić information content (AvgIpc) is 3.26. The molecule has 1 aliphatic heterocycles. The van der Waals surface area contributed by atoms with Crippen molar-refractivity contribution in [3.8, 4) is 5.75 Å². The van der Waals surface area contributed by atoms with Gasteiger partial charge in [-0.2, -0.15) is 0 Å². The van der Waals surface area contributed by atoms with E-state index in [-0.39, 0.29) is 24.0 Å². The second-order valence-electron chi connectivity index (χ2n) is 8.01. The van der Waals surface area contributed by atoms with Crippen LogP contribution < -0.4 is 15.4 Å². The van der Waals surface area contributed by atoms with Crippen LogP contribution in [0.25, 0.3) is 0 Å². The van der Waals surface area contributed by atoms with Gasteiger partial charge in [-0.3, -0.25) is 9.89 Å². The summed E-state index contributed by atoms with van der Waals surface area (Å²) in [6, 6.07) is 8.77. The van der Waals surface area contributed by atoms with Gasteiger partial charge >= 0.3 is 0 Å². The van der Waals surface area contributed by atoms with E-state index in [0.29, 0.717) is 18.5 Å². The van der Waals surface area contributed by atoms with E-state index in [9.17, 15) is 0 Å². The summed E-state index contributed by atoms with van der Waals surface area (Å²) >= 11 is 1.70. The van der Waals surface area contributed by atoms with Crippen LogP contribution in [0.3, 0.4) is 0 Å². The molecule has 2 heterocycles. The van der Waals surface area contributed by atoms with Crippen LogP contribution in [0.1, 0.15) is 61.3 Å². The van der Waals surface area contributed by atoms with Gasteiger partial charge in [-0.15, -0.1) is 35.3 Å². The molecule has 0 saturated carbocycles. The highest BCUT2D eigenvalue weighted by Gasteiger charge is 2.22. The third-order valence-electron chi connectivity index (χ3n) is 5.59. The van der Waals surface area contributed by atoms with Gasteiger partial charge in [0.2, 0.25) is 0 Å². The van der Waals surface area contributed by atoms with E-state index in [2.05, 4.69) is 51.9 Å². The number of likely N-dealkylation sites (tertiary alicyclic amines) is 1. The number of guanidine groups is 1. The van der Waals surface area contributed by atoms with Crippen LogP contribution in [0.15, 0.2) is 34.6 Å². The molecule has 6 nitrogen and oxygen atoms in total. The maximum absolute atomic E-state index is 5.34. The number of piperidine rings is 1. The van der Waals surface area contributed by atoms with E-state index < -0.39 is 0 Å². The number of thiazole rings is 1. The Morgan fingerprint density at radius 2 is 1.87 bits per heavy atom. The zero-order valence-electron chi connectivity index (χ0n) is 19.1. The molecule has 0 spiro atoms. The molecule has 1 unspecified atom stereocenters. The molecule has 2 N–H and O–H groups in total. The molecule has 1 aliphatic rings. The predicted molar refractivity (Wildman–Crippen MR) is 141 cm³/mol. The molecule has 2 aromatic rings. The summed E-state index contributed by atoms with van der Waals surface area (Å²) < 4.78 is 5.34. The molecule has 1 aromatic carbocycles. The van der Waals surface area contributed by atoms with Crippen molar-refractivity contribution < 1.29 is 4.74 Å². The Morgan fingerprint density at radius 3 is 2.45 bits per heavy atom. The topological polar surface area (TPSA) is 61.8 Å². The minimum Gasteiger partial charge on any atom is -0.497 e. The van der Waals surface area contributed by atoms with Gasteiger partial charge in [-0.1, -0.05) is 32.4 Å². The third-order valence-corrected chi connectivity index (χ3v) is 6.45. The fourth-order valence-corrected chi connectivity index (χ4v) is 4.65. The molecule has 1 fully saturated rings. The normalized spacial score (nSPS) is 16.0. The van der Waals surface area contributed by atoms with Crippen LogP contribution in [-0.2, 0) is 6.54 Å². The maximum Gasteiger partial charge on any atom is 0.191 e. The second-order valence-corrected chi connectivity index (χ2v) is 8.96. The number of aliphatic imine (C=N–C) groups is 1. The molecule has 1 atom stereocenters. The van der Waals surface area contributed by atoms with Crippen LogP contribution in [0, 0.1) is 0 Å². The van der Waals surface area contributed by atoms with Gasteiger partial charge in [-0.25, -0.2) is 4.98 Å². The molecule has 172 valence electrons. The van der Waals surface area contributed by atoms with Crippen LogP contribution >= 0.6 is 35.3 Å². The van der Waals surface area contributed by atoms with E-state index >= 15 is 0 Å². The van der Waals surface area contributed by atoms with Gasteiger partial charge in [0.25, 0.3) is 0 Å². The summed E-state index contributed by atoms with van der Waals surface area (Å²) in [4.78, 5) is 11.7. The molecule has 3 rings (SSSR count). The quantitative estimate of drug-likeness (QED) is 0.278. The Bertz CT molecular complexity index is 803. The molecule has 1 saturated heterocycles. The maximum atomic E-state index is 5.34. The van der Waals surface area contributed by atoms with Gasteiger partial charge in [0.05, 0.1) is 25.4 Å². The number of rotatable bonds is 8. The van der Waals surface area contributed by atoms with Crippen molar-refractivity contribution in [2.75, 3.05) is 33.8 Å². The fraction of sp³-hybridized carbons (Fsp3) is 0.565. The lowest BCUT2D eigenvalue weighted by Crippen LogP contribution is -2.44. The Balaban J connectivity index is 0.00000341. The third kappa shape index (κ3) is 7.61. The highest BCUT2D eigenvalue weighted by molar-refractivity contribution is 14.0. The SMILES string of the molecule is CN=C(NCc1nc(C(C)C)cs1)NCC(c1ccc(OC)cc1)N1CCCCC1.I. The number of benzene rings is 1. The Labute approximate surface area is 207 Å². The number of hydrogen-bond donors (Lipinski definition) is 2. The molecule has 0 bridgehead atoms. The first-order chi connectivity index (χ1) is 14.6. The van der Waals surface area contributed by atoms with E-state index in [1.807, 2.05) is 19.2 Å². The second kappa shape index (κ2) is 13.2. The molecule has 8 heteroatoms. The molecule has 0 radical (unpaired) electrons. The Kier molecular flexibility index (Phi) is 11.0. The van der Waals surface area contributed by atoms with Gasteiger partial charge in [-0.05, 0) is 49.5 Å². The summed E-state index contributed by atoms with van der Waals surface area (Å²) in [6.07, 6.45) is 3.86. The zero-order valence-corrected chi connectivity index (χ0v) is 22.2. The first-order valence-electron chi connectivity index (χ1n) is 10.9. The average molecular weight is 558 g/mol. The predicted octanol–water partition coefficient (Wildman–Crippen LogP) is 4.79. The summed E-state index contributed by atoms with van der Waals surface area (Å²) in [5.41, 5.74) is 2.46. The molecule has 0 amide bonds. The molecular formula is C23H36IN5OS. The highest BCUT2D eigenvalue weighted by atomic mass is 127. The van der Waals surface area contributed by atoms with Gasteiger partial charge in [0.1, 0.15) is 10.8 Å². The van der Waals surface area contributed by atoms with Crippen molar-refractivity contribution in [3.05, 3.63) is 45.9 Å². The number of nitrogens with zero attached hydrogens (tertiary/aromatic N) is 3. The van der Waals surface area contributed by atoms with Crippen LogP contribution in [0.4, 0.5) is 0 Å². The first-order valence-corrected chi connectivity index (χ1v) is 11.8.